The summed E-state index contributed by atoms with van der Waals surface area (Å²) in [6.45, 7) is 7.89. The largest absolute Gasteiger partial charge is 0.351 e. The number of hydrogen-bond donors (Lipinski definition) is 2. The maximum absolute atomic E-state index is 12.6. The average molecular weight is 424 g/mol. The van der Waals surface area contributed by atoms with Crippen molar-refractivity contribution in [2.45, 2.75) is 31.6 Å². The van der Waals surface area contributed by atoms with E-state index < -0.39 is 0 Å². The number of nitrogens with zero attached hydrogens (tertiary/aromatic N) is 1. The zero-order chi connectivity index (χ0) is 21.3. The minimum Gasteiger partial charge on any atom is -0.351 e. The van der Waals surface area contributed by atoms with Crippen molar-refractivity contribution in [3.05, 3.63) is 64.6 Å². The summed E-state index contributed by atoms with van der Waals surface area (Å²) < 4.78 is 0. The second-order valence-electron chi connectivity index (χ2n) is 7.28. The van der Waals surface area contributed by atoms with E-state index in [-0.39, 0.29) is 11.8 Å². The van der Waals surface area contributed by atoms with Crippen molar-refractivity contribution >= 4 is 35.3 Å². The van der Waals surface area contributed by atoms with Crippen molar-refractivity contribution in [1.29, 1.82) is 0 Å². The van der Waals surface area contributed by atoms with E-state index in [0.717, 1.165) is 42.9 Å². The summed E-state index contributed by atoms with van der Waals surface area (Å²) >= 11 is 1.42. The molecule has 158 valence electrons. The number of rotatable bonds is 9. The third-order valence-corrected chi connectivity index (χ3v) is 5.92. The van der Waals surface area contributed by atoms with E-state index >= 15 is 0 Å². The first-order chi connectivity index (χ1) is 14.6. The van der Waals surface area contributed by atoms with Gasteiger partial charge in [0.1, 0.15) is 0 Å². The molecule has 5 nitrogen and oxygen atoms in total. The molecule has 6 heteroatoms. The molecular formula is C24H29N3O2S. The van der Waals surface area contributed by atoms with Crippen LogP contribution < -0.4 is 10.6 Å². The zero-order valence-electron chi connectivity index (χ0n) is 17.6. The van der Waals surface area contributed by atoms with Gasteiger partial charge in [0.25, 0.3) is 11.8 Å². The van der Waals surface area contributed by atoms with Gasteiger partial charge in [0.05, 0.1) is 10.6 Å². The third-order valence-electron chi connectivity index (χ3n) is 4.82. The van der Waals surface area contributed by atoms with Crippen LogP contribution in [0, 0.1) is 0 Å². The minimum absolute atomic E-state index is 0.115. The smallest absolute Gasteiger partial charge is 0.262 e. The van der Waals surface area contributed by atoms with Crippen molar-refractivity contribution < 1.29 is 9.59 Å². The van der Waals surface area contributed by atoms with E-state index in [1.165, 1.54) is 11.8 Å². The Morgan fingerprint density at radius 2 is 1.80 bits per heavy atom. The number of anilines is 1. The molecule has 1 aliphatic rings. The predicted octanol–water partition coefficient (Wildman–Crippen LogP) is 4.62. The van der Waals surface area contributed by atoms with Crippen LogP contribution in [0.1, 0.15) is 42.6 Å². The molecule has 0 atom stereocenters. The molecule has 0 unspecified atom stereocenters. The average Bonchev–Trinajstić information content (AvgIpc) is 2.75. The Morgan fingerprint density at radius 1 is 1.07 bits per heavy atom. The Bertz CT molecular complexity index is 906. The Hall–Kier alpha value is -2.57. The number of benzene rings is 2. The van der Waals surface area contributed by atoms with Gasteiger partial charge in [-0.05, 0) is 55.8 Å². The summed E-state index contributed by atoms with van der Waals surface area (Å²) in [6, 6.07) is 15.2. The summed E-state index contributed by atoms with van der Waals surface area (Å²) in [5.41, 5.74) is 2.22. The first kappa shape index (κ1) is 22.1. The molecule has 0 aliphatic carbocycles. The van der Waals surface area contributed by atoms with E-state index in [4.69, 9.17) is 0 Å². The summed E-state index contributed by atoms with van der Waals surface area (Å²) in [5.74, 6) is -0.265. The van der Waals surface area contributed by atoms with Gasteiger partial charge in [0, 0.05) is 23.5 Å². The number of amides is 2. The maximum atomic E-state index is 12.6. The highest BCUT2D eigenvalue weighted by Gasteiger charge is 2.22. The highest BCUT2D eigenvalue weighted by molar-refractivity contribution is 8.04. The molecule has 0 radical (unpaired) electrons. The first-order valence-corrected chi connectivity index (χ1v) is 11.3. The lowest BCUT2D eigenvalue weighted by Crippen LogP contribution is -2.35. The third kappa shape index (κ3) is 5.97. The number of carbonyl (C=O) groups is 2. The standard InChI is InChI=1S/C24H29N3O2S/c1-3-13-27(14-4-2)15-12-25-23(28)19-10-11-21-20(17-19)26-24(29)22(30-21)16-18-8-6-5-7-9-18/h5-11,16-17H,3-4,12-15H2,1-2H3,(H,25,28)(H,26,29). The molecular weight excluding hydrogens is 394 g/mol. The molecule has 30 heavy (non-hydrogen) atoms. The van der Waals surface area contributed by atoms with Gasteiger partial charge in [0.2, 0.25) is 0 Å². The summed E-state index contributed by atoms with van der Waals surface area (Å²) in [5, 5.41) is 5.91. The molecule has 0 bridgehead atoms. The summed E-state index contributed by atoms with van der Waals surface area (Å²) in [7, 11) is 0. The molecule has 1 aliphatic heterocycles. The SMILES string of the molecule is CCCN(CCC)CCNC(=O)c1ccc2c(c1)NC(=O)C(=Cc1ccccc1)S2. The van der Waals surface area contributed by atoms with Gasteiger partial charge >= 0.3 is 0 Å². The van der Waals surface area contributed by atoms with Crippen LogP contribution in [0.25, 0.3) is 6.08 Å². The molecule has 0 saturated carbocycles. The van der Waals surface area contributed by atoms with Crippen molar-refractivity contribution in [1.82, 2.24) is 10.2 Å². The lowest BCUT2D eigenvalue weighted by molar-refractivity contribution is -0.112. The molecule has 1 heterocycles. The quantitative estimate of drug-likeness (QED) is 0.578. The highest BCUT2D eigenvalue weighted by Crippen LogP contribution is 2.39. The minimum atomic E-state index is -0.149. The van der Waals surface area contributed by atoms with Gasteiger partial charge in [-0.15, -0.1) is 0 Å². The highest BCUT2D eigenvalue weighted by atomic mass is 32.2. The van der Waals surface area contributed by atoms with Crippen LogP contribution in [-0.2, 0) is 4.79 Å². The molecule has 0 saturated heterocycles. The van der Waals surface area contributed by atoms with Crippen LogP contribution in [0.5, 0.6) is 0 Å². The Labute approximate surface area is 182 Å². The van der Waals surface area contributed by atoms with Gasteiger partial charge in [-0.25, -0.2) is 0 Å². The molecule has 2 amide bonds. The second-order valence-corrected chi connectivity index (χ2v) is 8.37. The van der Waals surface area contributed by atoms with Gasteiger partial charge in [-0.2, -0.15) is 0 Å². The van der Waals surface area contributed by atoms with Crippen LogP contribution >= 0.6 is 11.8 Å². The molecule has 2 aromatic rings. The van der Waals surface area contributed by atoms with Crippen molar-refractivity contribution in [3.8, 4) is 0 Å². The van der Waals surface area contributed by atoms with Crippen LogP contribution in [0.15, 0.2) is 58.3 Å². The fourth-order valence-corrected chi connectivity index (χ4v) is 4.33. The van der Waals surface area contributed by atoms with Gasteiger partial charge in [-0.1, -0.05) is 55.9 Å². The number of hydrogen-bond acceptors (Lipinski definition) is 4. The van der Waals surface area contributed by atoms with Crippen molar-refractivity contribution in [3.63, 3.8) is 0 Å². The Balaban J connectivity index is 1.63. The lowest BCUT2D eigenvalue weighted by atomic mass is 10.1. The Morgan fingerprint density at radius 3 is 2.50 bits per heavy atom. The van der Waals surface area contributed by atoms with E-state index in [1.54, 1.807) is 6.07 Å². The maximum Gasteiger partial charge on any atom is 0.262 e. The molecule has 3 rings (SSSR count). The normalized spacial score (nSPS) is 14.5. The van der Waals surface area contributed by atoms with E-state index in [2.05, 4.69) is 29.4 Å². The van der Waals surface area contributed by atoms with Crippen LogP contribution in [0.4, 0.5) is 5.69 Å². The fraction of sp³-hybridized carbons (Fsp3) is 0.333. The summed E-state index contributed by atoms with van der Waals surface area (Å²) in [4.78, 5) is 29.0. The molecule has 0 fully saturated rings. The van der Waals surface area contributed by atoms with Crippen molar-refractivity contribution in [2.24, 2.45) is 0 Å². The van der Waals surface area contributed by atoms with Crippen LogP contribution in [0.3, 0.4) is 0 Å². The van der Waals surface area contributed by atoms with Crippen LogP contribution in [-0.4, -0.2) is 42.9 Å². The van der Waals surface area contributed by atoms with Gasteiger partial charge in [-0.3, -0.25) is 9.59 Å². The van der Waals surface area contributed by atoms with E-state index in [0.29, 0.717) is 22.7 Å². The van der Waals surface area contributed by atoms with E-state index in [9.17, 15) is 9.59 Å². The first-order valence-electron chi connectivity index (χ1n) is 10.5. The molecule has 0 spiro atoms. The topological polar surface area (TPSA) is 61.4 Å². The number of carbonyl (C=O) groups excluding carboxylic acids is 2. The fourth-order valence-electron chi connectivity index (χ4n) is 3.40. The monoisotopic (exact) mass is 423 g/mol. The zero-order valence-corrected chi connectivity index (χ0v) is 18.4. The number of fused-ring (bicyclic) bond motifs is 1. The number of nitrogens with one attached hydrogen (secondary N) is 2. The van der Waals surface area contributed by atoms with Crippen LogP contribution in [0.2, 0.25) is 0 Å². The lowest BCUT2D eigenvalue weighted by Gasteiger charge is -2.21. The number of thioether (sulfide) groups is 1. The van der Waals surface area contributed by atoms with E-state index in [1.807, 2.05) is 48.5 Å². The van der Waals surface area contributed by atoms with Gasteiger partial charge in [0.15, 0.2) is 0 Å². The second kappa shape index (κ2) is 11.0. The molecule has 2 N–H and O–H groups in total. The van der Waals surface area contributed by atoms with Gasteiger partial charge < -0.3 is 15.5 Å². The predicted molar refractivity (Wildman–Crippen MR) is 125 cm³/mol. The molecule has 0 aromatic heterocycles. The Kier molecular flexibility index (Phi) is 8.11. The van der Waals surface area contributed by atoms with Crippen molar-refractivity contribution in [2.75, 3.05) is 31.5 Å². The summed E-state index contributed by atoms with van der Waals surface area (Å²) in [6.07, 6.45) is 4.09. The molecule has 2 aromatic carbocycles.